The van der Waals surface area contributed by atoms with Crippen LogP contribution in [-0.2, 0) is 11.5 Å². The van der Waals surface area contributed by atoms with Crippen molar-refractivity contribution in [1.29, 1.82) is 0 Å². The van der Waals surface area contributed by atoms with E-state index in [1.165, 1.54) is 0 Å². The van der Waals surface area contributed by atoms with Gasteiger partial charge in [0.2, 0.25) is 0 Å². The second kappa shape index (κ2) is 6.49. The molecule has 0 aromatic carbocycles. The van der Waals surface area contributed by atoms with Gasteiger partial charge in [0.1, 0.15) is 24.5 Å². The highest BCUT2D eigenvalue weighted by Crippen LogP contribution is 2.42. The predicted molar refractivity (Wildman–Crippen MR) is 106 cm³/mol. The first-order valence-corrected chi connectivity index (χ1v) is 13.1. The van der Waals surface area contributed by atoms with Crippen molar-refractivity contribution in [1.82, 2.24) is 19.4 Å². The van der Waals surface area contributed by atoms with Crippen molar-refractivity contribution in [2.45, 2.75) is 44.4 Å². The molecule has 1 N–H and O–H groups in total. The molecule has 2 saturated heterocycles. The molecule has 0 aliphatic carbocycles. The molecule has 2 fully saturated rings. The van der Waals surface area contributed by atoms with Crippen LogP contribution in [0.4, 0.5) is 10.6 Å². The first-order chi connectivity index (χ1) is 12.8. The van der Waals surface area contributed by atoms with Gasteiger partial charge in [-0.2, -0.15) is 0 Å². The molecule has 0 radical (unpaired) electrons. The third-order valence-corrected chi connectivity index (χ3v) is 7.34. The number of ether oxygens (including phenoxy) is 1. The Hall–Kier alpha value is -2.13. The summed E-state index contributed by atoms with van der Waals surface area (Å²) in [6, 6.07) is 3.16. The molecule has 8 nitrogen and oxygen atoms in total. The number of fused-ring (bicyclic) bond motifs is 1. The summed E-state index contributed by atoms with van der Waals surface area (Å²) < 4.78 is 7.86. The number of carbonyl (C=O) groups is 1. The number of anilines is 1. The van der Waals surface area contributed by atoms with Crippen LogP contribution in [0.15, 0.2) is 18.6 Å². The standard InChI is InChI=1S/C18H27N5O3Si/c1-27(2,3)9-8-26-13-21-6-4-14-15(21)19-12-20-16(14)22-10-18(11-22)5-7-23(18)17(24)25/h4,6,12H,5,7-11,13H2,1-3H3,(H,24,25). The van der Waals surface area contributed by atoms with Gasteiger partial charge in [-0.05, 0) is 18.5 Å². The Morgan fingerprint density at radius 1 is 1.33 bits per heavy atom. The predicted octanol–water partition coefficient (Wildman–Crippen LogP) is 2.69. The first-order valence-electron chi connectivity index (χ1n) is 9.42. The molecule has 1 spiro atoms. The SMILES string of the molecule is C[Si](C)(C)CCOCn1ccc2c(N3CC4(CCN4C(=O)O)C3)ncnc21. The number of likely N-dealkylation sites (tertiary alicyclic amines) is 1. The van der Waals surface area contributed by atoms with Gasteiger partial charge in [0.15, 0.2) is 0 Å². The molecule has 2 aromatic heterocycles. The summed E-state index contributed by atoms with van der Waals surface area (Å²) in [7, 11) is -1.09. The van der Waals surface area contributed by atoms with Crippen molar-refractivity contribution < 1.29 is 14.6 Å². The molecule has 0 unspecified atom stereocenters. The van der Waals surface area contributed by atoms with E-state index in [1.807, 2.05) is 16.8 Å². The van der Waals surface area contributed by atoms with Gasteiger partial charge in [-0.25, -0.2) is 14.8 Å². The Balaban J connectivity index is 1.44. The zero-order valence-electron chi connectivity index (χ0n) is 16.2. The molecule has 4 rings (SSSR count). The quantitative estimate of drug-likeness (QED) is 0.604. The van der Waals surface area contributed by atoms with Gasteiger partial charge in [-0.3, -0.25) is 4.90 Å². The van der Waals surface area contributed by atoms with E-state index in [2.05, 4.69) is 34.5 Å². The minimum Gasteiger partial charge on any atom is -0.465 e. The minimum atomic E-state index is -1.09. The lowest BCUT2D eigenvalue weighted by Crippen LogP contribution is -2.78. The van der Waals surface area contributed by atoms with Crippen molar-refractivity contribution in [2.24, 2.45) is 0 Å². The van der Waals surface area contributed by atoms with E-state index >= 15 is 0 Å². The minimum absolute atomic E-state index is 0.217. The third kappa shape index (κ3) is 3.29. The summed E-state index contributed by atoms with van der Waals surface area (Å²) in [5.74, 6) is 0.878. The van der Waals surface area contributed by atoms with E-state index in [4.69, 9.17) is 4.74 Å². The Labute approximate surface area is 159 Å². The van der Waals surface area contributed by atoms with Crippen LogP contribution in [0.3, 0.4) is 0 Å². The highest BCUT2D eigenvalue weighted by atomic mass is 28.3. The summed E-state index contributed by atoms with van der Waals surface area (Å²) in [4.78, 5) is 23.9. The smallest absolute Gasteiger partial charge is 0.407 e. The van der Waals surface area contributed by atoms with E-state index in [9.17, 15) is 9.90 Å². The molecule has 1 amide bonds. The van der Waals surface area contributed by atoms with E-state index in [0.717, 1.165) is 35.9 Å². The number of hydrogen-bond donors (Lipinski definition) is 1. The van der Waals surface area contributed by atoms with Crippen LogP contribution in [0, 0.1) is 0 Å². The number of carboxylic acid groups (broad SMARTS) is 1. The average molecular weight is 390 g/mol. The number of nitrogens with zero attached hydrogens (tertiary/aromatic N) is 5. The summed E-state index contributed by atoms with van der Waals surface area (Å²) in [5.41, 5.74) is 0.642. The van der Waals surface area contributed by atoms with Gasteiger partial charge in [0, 0.05) is 40.5 Å². The fourth-order valence-corrected chi connectivity index (χ4v) is 4.63. The van der Waals surface area contributed by atoms with Crippen LogP contribution in [0.5, 0.6) is 0 Å². The number of aromatic nitrogens is 3. The third-order valence-electron chi connectivity index (χ3n) is 5.64. The maximum absolute atomic E-state index is 11.3. The highest BCUT2D eigenvalue weighted by Gasteiger charge is 2.56. The molecule has 9 heteroatoms. The van der Waals surface area contributed by atoms with Crippen molar-refractivity contribution in [3.63, 3.8) is 0 Å². The van der Waals surface area contributed by atoms with Gasteiger partial charge in [0.05, 0.1) is 10.9 Å². The largest absolute Gasteiger partial charge is 0.465 e. The van der Waals surface area contributed by atoms with Crippen molar-refractivity contribution in [3.05, 3.63) is 18.6 Å². The zero-order chi connectivity index (χ0) is 19.2. The number of rotatable bonds is 6. The van der Waals surface area contributed by atoms with Crippen LogP contribution in [-0.4, -0.2) is 70.5 Å². The van der Waals surface area contributed by atoms with Crippen molar-refractivity contribution in [3.8, 4) is 0 Å². The number of amides is 1. The van der Waals surface area contributed by atoms with Gasteiger partial charge in [0.25, 0.3) is 0 Å². The molecule has 0 bridgehead atoms. The van der Waals surface area contributed by atoms with Crippen molar-refractivity contribution in [2.75, 3.05) is 31.1 Å². The normalized spacial score (nSPS) is 18.6. The molecule has 2 aliphatic rings. The second-order valence-electron chi connectivity index (χ2n) is 8.83. The van der Waals surface area contributed by atoms with Crippen molar-refractivity contribution >= 4 is 31.0 Å². The maximum atomic E-state index is 11.3. The molecule has 2 aromatic rings. The Morgan fingerprint density at radius 2 is 2.11 bits per heavy atom. The van der Waals surface area contributed by atoms with E-state index in [-0.39, 0.29) is 5.54 Å². The summed E-state index contributed by atoms with van der Waals surface area (Å²) >= 11 is 0. The molecule has 0 saturated carbocycles. The Kier molecular flexibility index (Phi) is 4.38. The highest BCUT2D eigenvalue weighted by molar-refractivity contribution is 6.76. The summed E-state index contributed by atoms with van der Waals surface area (Å²) in [6.07, 6.45) is 3.67. The van der Waals surface area contributed by atoms with E-state index in [0.29, 0.717) is 26.4 Å². The summed E-state index contributed by atoms with van der Waals surface area (Å²) in [6.45, 7) is 10.3. The summed E-state index contributed by atoms with van der Waals surface area (Å²) in [5, 5.41) is 10.3. The fraction of sp³-hybridized carbons (Fsp3) is 0.611. The van der Waals surface area contributed by atoms with E-state index < -0.39 is 14.2 Å². The topological polar surface area (TPSA) is 83.7 Å². The van der Waals surface area contributed by atoms with Crippen LogP contribution in [0.25, 0.3) is 11.0 Å². The van der Waals surface area contributed by atoms with Crippen LogP contribution in [0.1, 0.15) is 6.42 Å². The fourth-order valence-electron chi connectivity index (χ4n) is 3.87. The zero-order valence-corrected chi connectivity index (χ0v) is 17.2. The molecular weight excluding hydrogens is 362 g/mol. The molecule has 27 heavy (non-hydrogen) atoms. The molecule has 146 valence electrons. The Morgan fingerprint density at radius 3 is 2.74 bits per heavy atom. The van der Waals surface area contributed by atoms with Crippen LogP contribution >= 0.6 is 0 Å². The van der Waals surface area contributed by atoms with Gasteiger partial charge >= 0.3 is 6.09 Å². The van der Waals surface area contributed by atoms with Gasteiger partial charge in [-0.15, -0.1) is 0 Å². The monoisotopic (exact) mass is 389 g/mol. The lowest BCUT2D eigenvalue weighted by atomic mass is 9.78. The molecular formula is C18H27N5O3Si. The molecule has 2 aliphatic heterocycles. The van der Waals surface area contributed by atoms with Crippen LogP contribution < -0.4 is 4.90 Å². The van der Waals surface area contributed by atoms with Gasteiger partial charge < -0.3 is 19.3 Å². The lowest BCUT2D eigenvalue weighted by molar-refractivity contribution is -0.0191. The van der Waals surface area contributed by atoms with Crippen LogP contribution in [0.2, 0.25) is 25.7 Å². The molecule has 4 heterocycles. The Bertz CT molecular complexity index is 856. The van der Waals surface area contributed by atoms with E-state index in [1.54, 1.807) is 11.2 Å². The first kappa shape index (κ1) is 18.2. The number of hydrogen-bond acceptors (Lipinski definition) is 5. The van der Waals surface area contributed by atoms with Gasteiger partial charge in [-0.1, -0.05) is 19.6 Å². The lowest BCUT2D eigenvalue weighted by Gasteiger charge is -2.61. The average Bonchev–Trinajstić information content (AvgIpc) is 2.92. The second-order valence-corrected chi connectivity index (χ2v) is 14.5. The molecule has 0 atom stereocenters. The maximum Gasteiger partial charge on any atom is 0.407 e.